The highest BCUT2D eigenvalue weighted by Gasteiger charge is 2.17. The van der Waals surface area contributed by atoms with Crippen LogP contribution in [0.2, 0.25) is 0 Å². The standard InChI is InChI=1S/C11H17N5O5/c1-3-21-10(18)4-5-16-8(13-14-15-16)6-9(17)12-7(2)11(19)20/h7H,3-6H2,1-2H3,(H,12,17)(H,19,20). The number of hydrogen-bond donors (Lipinski definition) is 2. The Morgan fingerprint density at radius 2 is 2.14 bits per heavy atom. The Bertz CT molecular complexity index is 515. The lowest BCUT2D eigenvalue weighted by Crippen LogP contribution is -2.39. The molecule has 0 saturated heterocycles. The molecule has 1 atom stereocenters. The number of nitrogens with one attached hydrogen (secondary N) is 1. The zero-order chi connectivity index (χ0) is 15.8. The molecule has 1 amide bonds. The van der Waals surface area contributed by atoms with Gasteiger partial charge in [-0.25, -0.2) is 4.68 Å². The molecule has 0 saturated carbocycles. The van der Waals surface area contributed by atoms with Crippen LogP contribution >= 0.6 is 0 Å². The number of amides is 1. The summed E-state index contributed by atoms with van der Waals surface area (Å²) in [4.78, 5) is 33.5. The number of esters is 1. The molecule has 116 valence electrons. The number of tetrazole rings is 1. The van der Waals surface area contributed by atoms with E-state index in [2.05, 4.69) is 20.8 Å². The Labute approximate surface area is 120 Å². The topological polar surface area (TPSA) is 136 Å². The van der Waals surface area contributed by atoms with Gasteiger partial charge in [-0.2, -0.15) is 0 Å². The van der Waals surface area contributed by atoms with Crippen molar-refractivity contribution in [2.45, 2.75) is 39.3 Å². The molecule has 0 spiro atoms. The molecule has 0 fully saturated rings. The molecular formula is C11H17N5O5. The first-order chi connectivity index (χ1) is 9.93. The van der Waals surface area contributed by atoms with Gasteiger partial charge in [0, 0.05) is 0 Å². The van der Waals surface area contributed by atoms with E-state index in [1.54, 1.807) is 6.92 Å². The molecule has 0 radical (unpaired) electrons. The highest BCUT2D eigenvalue weighted by Crippen LogP contribution is 1.98. The molecule has 10 nitrogen and oxygen atoms in total. The SMILES string of the molecule is CCOC(=O)CCn1nnnc1CC(=O)NC(C)C(=O)O. The zero-order valence-corrected chi connectivity index (χ0v) is 11.8. The van der Waals surface area contributed by atoms with Gasteiger partial charge >= 0.3 is 11.9 Å². The summed E-state index contributed by atoms with van der Waals surface area (Å²) >= 11 is 0. The number of carbonyl (C=O) groups excluding carboxylic acids is 2. The minimum atomic E-state index is -1.13. The fourth-order valence-corrected chi connectivity index (χ4v) is 1.45. The summed E-state index contributed by atoms with van der Waals surface area (Å²) in [5.74, 6) is -1.79. The molecule has 1 unspecified atom stereocenters. The number of carboxylic acids is 1. The van der Waals surface area contributed by atoms with Gasteiger partial charge in [-0.05, 0) is 24.3 Å². The summed E-state index contributed by atoms with van der Waals surface area (Å²) in [6, 6.07) is -0.999. The molecule has 1 aromatic heterocycles. The highest BCUT2D eigenvalue weighted by atomic mass is 16.5. The van der Waals surface area contributed by atoms with E-state index in [9.17, 15) is 14.4 Å². The van der Waals surface area contributed by atoms with Crippen molar-refractivity contribution in [3.05, 3.63) is 5.82 Å². The number of ether oxygens (including phenoxy) is 1. The molecule has 0 aromatic carbocycles. The van der Waals surface area contributed by atoms with Crippen LogP contribution in [0.5, 0.6) is 0 Å². The number of carboxylic acid groups (broad SMARTS) is 1. The predicted molar refractivity (Wildman–Crippen MR) is 68.0 cm³/mol. The van der Waals surface area contributed by atoms with E-state index in [0.29, 0.717) is 0 Å². The Hall–Kier alpha value is -2.52. The van der Waals surface area contributed by atoms with Crippen LogP contribution in [0.4, 0.5) is 0 Å². The normalized spacial score (nSPS) is 11.7. The monoisotopic (exact) mass is 299 g/mol. The van der Waals surface area contributed by atoms with E-state index in [0.717, 1.165) is 0 Å². The van der Waals surface area contributed by atoms with E-state index in [1.165, 1.54) is 11.6 Å². The number of aliphatic carboxylic acids is 1. The summed E-state index contributed by atoms with van der Waals surface area (Å²) in [6.07, 6.45) is -0.0908. The van der Waals surface area contributed by atoms with E-state index >= 15 is 0 Å². The van der Waals surface area contributed by atoms with Gasteiger partial charge in [0.05, 0.1) is 26.0 Å². The molecule has 0 aliphatic carbocycles. The molecule has 1 rings (SSSR count). The molecule has 0 bridgehead atoms. The Balaban J connectivity index is 2.53. The molecule has 1 aromatic rings. The van der Waals surface area contributed by atoms with Crippen molar-refractivity contribution < 1.29 is 24.2 Å². The lowest BCUT2D eigenvalue weighted by molar-refractivity contribution is -0.143. The summed E-state index contributed by atoms with van der Waals surface area (Å²) in [6.45, 7) is 3.53. The van der Waals surface area contributed by atoms with Gasteiger partial charge in [-0.3, -0.25) is 14.4 Å². The van der Waals surface area contributed by atoms with Gasteiger partial charge < -0.3 is 15.2 Å². The third-order valence-electron chi connectivity index (χ3n) is 2.51. The number of hydrogen-bond acceptors (Lipinski definition) is 7. The van der Waals surface area contributed by atoms with Crippen LogP contribution in [0.3, 0.4) is 0 Å². The first-order valence-electron chi connectivity index (χ1n) is 6.36. The van der Waals surface area contributed by atoms with Crippen LogP contribution in [0.25, 0.3) is 0 Å². The second-order valence-corrected chi connectivity index (χ2v) is 4.18. The van der Waals surface area contributed by atoms with E-state index in [-0.39, 0.29) is 37.8 Å². The van der Waals surface area contributed by atoms with Gasteiger partial charge in [0.2, 0.25) is 5.91 Å². The van der Waals surface area contributed by atoms with Crippen molar-refractivity contribution in [3.63, 3.8) is 0 Å². The number of carbonyl (C=O) groups is 3. The van der Waals surface area contributed by atoms with Crippen LogP contribution in [-0.4, -0.2) is 55.8 Å². The Kier molecular flexibility index (Phi) is 6.24. The lowest BCUT2D eigenvalue weighted by Gasteiger charge is -2.09. The predicted octanol–water partition coefficient (Wildman–Crippen LogP) is -1.24. The fraction of sp³-hybridized carbons (Fsp3) is 0.636. The number of rotatable bonds is 8. The van der Waals surface area contributed by atoms with Crippen LogP contribution in [0.15, 0.2) is 0 Å². The number of nitrogens with zero attached hydrogens (tertiary/aromatic N) is 4. The van der Waals surface area contributed by atoms with Crippen LogP contribution in [-0.2, 0) is 32.1 Å². The van der Waals surface area contributed by atoms with Crippen LogP contribution < -0.4 is 5.32 Å². The van der Waals surface area contributed by atoms with E-state index in [4.69, 9.17) is 9.84 Å². The average molecular weight is 299 g/mol. The van der Waals surface area contributed by atoms with Gasteiger partial charge in [0.25, 0.3) is 0 Å². The maximum Gasteiger partial charge on any atom is 0.325 e. The van der Waals surface area contributed by atoms with Gasteiger partial charge in [0.15, 0.2) is 5.82 Å². The van der Waals surface area contributed by atoms with Gasteiger partial charge in [0.1, 0.15) is 6.04 Å². The van der Waals surface area contributed by atoms with E-state index < -0.39 is 17.9 Å². The van der Waals surface area contributed by atoms with Gasteiger partial charge in [-0.1, -0.05) is 0 Å². The summed E-state index contributed by atoms with van der Waals surface area (Å²) in [5.41, 5.74) is 0. The quantitative estimate of drug-likeness (QED) is 0.569. The summed E-state index contributed by atoms with van der Waals surface area (Å²) < 4.78 is 6.08. The smallest absolute Gasteiger partial charge is 0.325 e. The number of aromatic nitrogens is 4. The molecular weight excluding hydrogens is 282 g/mol. The van der Waals surface area contributed by atoms with Gasteiger partial charge in [-0.15, -0.1) is 5.10 Å². The maximum absolute atomic E-state index is 11.6. The maximum atomic E-state index is 11.6. The second kappa shape index (κ2) is 7.92. The van der Waals surface area contributed by atoms with Crippen molar-refractivity contribution in [2.75, 3.05) is 6.61 Å². The first kappa shape index (κ1) is 16.5. The van der Waals surface area contributed by atoms with Crippen LogP contribution in [0.1, 0.15) is 26.1 Å². The van der Waals surface area contributed by atoms with E-state index in [1.807, 2.05) is 0 Å². The highest BCUT2D eigenvalue weighted by molar-refractivity contribution is 5.84. The molecule has 1 heterocycles. The van der Waals surface area contributed by atoms with Crippen molar-refractivity contribution in [2.24, 2.45) is 0 Å². The average Bonchev–Trinajstić information content (AvgIpc) is 2.83. The first-order valence-corrected chi connectivity index (χ1v) is 6.36. The minimum Gasteiger partial charge on any atom is -0.480 e. The molecule has 0 aliphatic heterocycles. The molecule has 2 N–H and O–H groups in total. The minimum absolute atomic E-state index is 0.0824. The lowest BCUT2D eigenvalue weighted by atomic mass is 10.3. The third-order valence-corrected chi connectivity index (χ3v) is 2.51. The third kappa shape index (κ3) is 5.55. The Morgan fingerprint density at radius 3 is 2.76 bits per heavy atom. The molecule has 21 heavy (non-hydrogen) atoms. The van der Waals surface area contributed by atoms with Crippen molar-refractivity contribution in [1.29, 1.82) is 0 Å². The van der Waals surface area contributed by atoms with Crippen molar-refractivity contribution in [3.8, 4) is 0 Å². The van der Waals surface area contributed by atoms with Crippen molar-refractivity contribution in [1.82, 2.24) is 25.5 Å². The summed E-state index contributed by atoms with van der Waals surface area (Å²) in [5, 5.41) is 21.8. The molecule has 0 aliphatic rings. The number of aryl methyl sites for hydroxylation is 1. The van der Waals surface area contributed by atoms with Crippen molar-refractivity contribution >= 4 is 17.8 Å². The summed E-state index contributed by atoms with van der Waals surface area (Å²) in [7, 11) is 0. The largest absolute Gasteiger partial charge is 0.480 e. The van der Waals surface area contributed by atoms with Crippen LogP contribution in [0, 0.1) is 0 Å². The molecule has 10 heteroatoms. The fourth-order valence-electron chi connectivity index (χ4n) is 1.45. The Morgan fingerprint density at radius 1 is 1.43 bits per heavy atom. The zero-order valence-electron chi connectivity index (χ0n) is 11.8. The second-order valence-electron chi connectivity index (χ2n) is 4.18.